The number of nitrogens with zero attached hydrogens (tertiary/aromatic N) is 2. The molecule has 0 aliphatic carbocycles. The van der Waals surface area contributed by atoms with Gasteiger partial charge in [-0.05, 0) is 50.6 Å². The van der Waals surface area contributed by atoms with Crippen LogP contribution in [0.3, 0.4) is 0 Å². The van der Waals surface area contributed by atoms with Crippen molar-refractivity contribution < 1.29 is 17.9 Å². The van der Waals surface area contributed by atoms with Crippen LogP contribution < -0.4 is 10.1 Å². The molecule has 1 N–H and O–H groups in total. The highest BCUT2D eigenvalue weighted by atomic mass is 32.2. The highest BCUT2D eigenvalue weighted by molar-refractivity contribution is 7.89. The average Bonchev–Trinajstić information content (AvgIpc) is 2.70. The number of ether oxygens (including phenoxy) is 2. The molecule has 3 rings (SSSR count). The van der Waals surface area contributed by atoms with E-state index < -0.39 is 10.0 Å². The van der Waals surface area contributed by atoms with Crippen molar-refractivity contribution in [2.75, 3.05) is 59.1 Å². The van der Waals surface area contributed by atoms with Crippen molar-refractivity contribution in [3.8, 4) is 5.75 Å². The van der Waals surface area contributed by atoms with Crippen LogP contribution >= 0.6 is 0 Å². The Kier molecular flexibility index (Phi) is 7.49. The molecule has 0 spiro atoms. The molecule has 1 atom stereocenters. The summed E-state index contributed by atoms with van der Waals surface area (Å²) in [6.45, 7) is 8.53. The number of sulfonamides is 1. The van der Waals surface area contributed by atoms with Crippen molar-refractivity contribution in [3.05, 3.63) is 24.3 Å². The molecule has 8 heteroatoms. The number of rotatable bonds is 8. The smallest absolute Gasteiger partial charge is 0.243 e. The number of morpholine rings is 1. The van der Waals surface area contributed by atoms with Gasteiger partial charge in [0.1, 0.15) is 5.75 Å². The Balaban J connectivity index is 1.76. The van der Waals surface area contributed by atoms with Gasteiger partial charge in [-0.2, -0.15) is 4.31 Å². The molecule has 1 aromatic rings. The van der Waals surface area contributed by atoms with Gasteiger partial charge in [-0.25, -0.2) is 8.42 Å². The van der Waals surface area contributed by atoms with Crippen LogP contribution in [-0.2, 0) is 14.8 Å². The first-order chi connectivity index (χ1) is 13.1. The highest BCUT2D eigenvalue weighted by Gasteiger charge is 2.32. The van der Waals surface area contributed by atoms with E-state index in [1.807, 2.05) is 6.92 Å². The standard InChI is InChI=1S/C19H31N3O4S/c1-2-26-18-5-7-19(8-6-18)27(23,24)22(17-4-3-9-20-16-17)11-10-21-12-14-25-15-13-21/h5-8,17,20H,2-4,9-16H2,1H3. The molecule has 0 radical (unpaired) electrons. The maximum Gasteiger partial charge on any atom is 0.243 e. The SMILES string of the molecule is CCOc1ccc(S(=O)(=O)N(CCN2CCOCC2)C2CCCNC2)cc1. The van der Waals surface area contributed by atoms with E-state index in [1.165, 1.54) is 0 Å². The van der Waals surface area contributed by atoms with Gasteiger partial charge in [-0.1, -0.05) is 0 Å². The highest BCUT2D eigenvalue weighted by Crippen LogP contribution is 2.24. The van der Waals surface area contributed by atoms with Crippen LogP contribution in [0.5, 0.6) is 5.75 Å². The Morgan fingerprint density at radius 2 is 2.00 bits per heavy atom. The zero-order chi connectivity index (χ0) is 19.1. The Bertz CT molecular complexity index is 669. The first-order valence-electron chi connectivity index (χ1n) is 9.87. The fourth-order valence-electron chi connectivity index (χ4n) is 3.65. The largest absolute Gasteiger partial charge is 0.494 e. The molecule has 7 nitrogen and oxygen atoms in total. The molecular weight excluding hydrogens is 366 g/mol. The second-order valence-corrected chi connectivity index (χ2v) is 8.86. The van der Waals surface area contributed by atoms with Gasteiger partial charge in [0.15, 0.2) is 0 Å². The van der Waals surface area contributed by atoms with E-state index in [9.17, 15) is 8.42 Å². The quantitative estimate of drug-likeness (QED) is 0.710. The molecule has 0 amide bonds. The minimum Gasteiger partial charge on any atom is -0.494 e. The minimum atomic E-state index is -3.55. The number of hydrogen-bond donors (Lipinski definition) is 1. The third-order valence-corrected chi connectivity index (χ3v) is 7.13. The number of nitrogens with one attached hydrogen (secondary N) is 1. The third-order valence-electron chi connectivity index (χ3n) is 5.16. The molecule has 1 unspecified atom stereocenters. The molecule has 2 aliphatic rings. The summed E-state index contributed by atoms with van der Waals surface area (Å²) >= 11 is 0. The first-order valence-corrected chi connectivity index (χ1v) is 11.3. The Labute approximate surface area is 162 Å². The summed E-state index contributed by atoms with van der Waals surface area (Å²) < 4.78 is 39.3. The lowest BCUT2D eigenvalue weighted by Crippen LogP contribution is -2.51. The Morgan fingerprint density at radius 1 is 1.26 bits per heavy atom. The van der Waals surface area contributed by atoms with Crippen LogP contribution in [-0.4, -0.2) is 82.8 Å². The lowest BCUT2D eigenvalue weighted by molar-refractivity contribution is 0.0350. The molecule has 0 bridgehead atoms. The maximum absolute atomic E-state index is 13.4. The topological polar surface area (TPSA) is 71.1 Å². The average molecular weight is 398 g/mol. The van der Waals surface area contributed by atoms with Gasteiger partial charge in [0.05, 0.1) is 24.7 Å². The van der Waals surface area contributed by atoms with E-state index in [-0.39, 0.29) is 6.04 Å². The summed E-state index contributed by atoms with van der Waals surface area (Å²) in [5, 5.41) is 3.34. The van der Waals surface area contributed by atoms with Crippen LogP contribution in [0, 0.1) is 0 Å². The molecule has 2 heterocycles. The minimum absolute atomic E-state index is 0.00337. The lowest BCUT2D eigenvalue weighted by atomic mass is 10.1. The third kappa shape index (κ3) is 5.42. The van der Waals surface area contributed by atoms with E-state index in [0.717, 1.165) is 52.2 Å². The van der Waals surface area contributed by atoms with Crippen molar-refractivity contribution in [1.82, 2.24) is 14.5 Å². The van der Waals surface area contributed by atoms with Crippen LogP contribution in [0.1, 0.15) is 19.8 Å². The van der Waals surface area contributed by atoms with Crippen LogP contribution in [0.25, 0.3) is 0 Å². The lowest BCUT2D eigenvalue weighted by Gasteiger charge is -2.36. The van der Waals surface area contributed by atoms with E-state index >= 15 is 0 Å². The molecule has 2 fully saturated rings. The predicted molar refractivity (Wildman–Crippen MR) is 105 cm³/mol. The summed E-state index contributed by atoms with van der Waals surface area (Å²) in [6.07, 6.45) is 1.89. The van der Waals surface area contributed by atoms with E-state index in [4.69, 9.17) is 9.47 Å². The summed E-state index contributed by atoms with van der Waals surface area (Å²) in [5.41, 5.74) is 0. The fourth-order valence-corrected chi connectivity index (χ4v) is 5.30. The predicted octanol–water partition coefficient (Wildman–Crippen LogP) is 1.16. The normalized spacial score (nSPS) is 22.1. The van der Waals surface area contributed by atoms with Crippen molar-refractivity contribution in [2.45, 2.75) is 30.7 Å². The van der Waals surface area contributed by atoms with Crippen molar-refractivity contribution in [2.24, 2.45) is 0 Å². The van der Waals surface area contributed by atoms with Crippen LogP contribution in [0.15, 0.2) is 29.2 Å². The van der Waals surface area contributed by atoms with Gasteiger partial charge in [0.2, 0.25) is 10.0 Å². The molecule has 2 aliphatic heterocycles. The Morgan fingerprint density at radius 3 is 2.63 bits per heavy atom. The molecule has 0 saturated carbocycles. The van der Waals surface area contributed by atoms with Gasteiger partial charge < -0.3 is 14.8 Å². The van der Waals surface area contributed by atoms with Gasteiger partial charge >= 0.3 is 0 Å². The summed E-state index contributed by atoms with van der Waals surface area (Å²) in [4.78, 5) is 2.61. The summed E-state index contributed by atoms with van der Waals surface area (Å²) in [5.74, 6) is 0.690. The molecule has 27 heavy (non-hydrogen) atoms. The molecule has 1 aromatic carbocycles. The molecule has 152 valence electrons. The van der Waals surface area contributed by atoms with Crippen molar-refractivity contribution in [3.63, 3.8) is 0 Å². The van der Waals surface area contributed by atoms with Gasteiger partial charge in [-0.15, -0.1) is 0 Å². The zero-order valence-electron chi connectivity index (χ0n) is 16.1. The number of piperidine rings is 1. The summed E-state index contributed by atoms with van der Waals surface area (Å²) in [7, 11) is -3.55. The van der Waals surface area contributed by atoms with Gasteiger partial charge in [0.25, 0.3) is 0 Å². The molecule has 2 saturated heterocycles. The van der Waals surface area contributed by atoms with Crippen LogP contribution in [0.4, 0.5) is 0 Å². The van der Waals surface area contributed by atoms with Crippen molar-refractivity contribution >= 4 is 10.0 Å². The van der Waals surface area contributed by atoms with Gasteiger partial charge in [-0.3, -0.25) is 4.90 Å². The van der Waals surface area contributed by atoms with E-state index in [1.54, 1.807) is 28.6 Å². The summed E-state index contributed by atoms with van der Waals surface area (Å²) in [6, 6.07) is 6.76. The first kappa shape index (κ1) is 20.5. The Hall–Kier alpha value is -1.19. The van der Waals surface area contributed by atoms with Gasteiger partial charge in [0, 0.05) is 38.8 Å². The number of benzene rings is 1. The second-order valence-electron chi connectivity index (χ2n) is 6.97. The maximum atomic E-state index is 13.4. The van der Waals surface area contributed by atoms with E-state index in [2.05, 4.69) is 10.2 Å². The number of hydrogen-bond acceptors (Lipinski definition) is 6. The van der Waals surface area contributed by atoms with Crippen LogP contribution in [0.2, 0.25) is 0 Å². The van der Waals surface area contributed by atoms with E-state index in [0.29, 0.717) is 30.3 Å². The fraction of sp³-hybridized carbons (Fsp3) is 0.684. The zero-order valence-corrected chi connectivity index (χ0v) is 16.9. The monoisotopic (exact) mass is 397 g/mol. The second kappa shape index (κ2) is 9.84. The molecular formula is C19H31N3O4S. The van der Waals surface area contributed by atoms with Crippen molar-refractivity contribution in [1.29, 1.82) is 0 Å². The molecule has 0 aromatic heterocycles.